The maximum Gasteiger partial charge on any atom is 0.410 e. The molecule has 1 aromatic heterocycles. The van der Waals surface area contributed by atoms with Crippen LogP contribution in [-0.4, -0.2) is 58.7 Å². The van der Waals surface area contributed by atoms with Crippen LogP contribution in [-0.2, 0) is 4.74 Å². The number of piperidine rings is 1. The quantitative estimate of drug-likeness (QED) is 0.782. The standard InChI is InChI=1S/C19H26F2N4O2/c1-18(2,3)27-17(26)25-10-5-14(6-11-25)16-22-9-4-15(23-16)24-12-7-19(20,21)8-13-24/h4-5,9H,6-8,10-13H2,1-3H3. The van der Waals surface area contributed by atoms with Gasteiger partial charge in [-0.1, -0.05) is 6.08 Å². The van der Waals surface area contributed by atoms with E-state index in [1.807, 2.05) is 31.7 Å². The Morgan fingerprint density at radius 2 is 1.93 bits per heavy atom. The van der Waals surface area contributed by atoms with E-state index in [0.717, 1.165) is 5.57 Å². The highest BCUT2D eigenvalue weighted by Crippen LogP contribution is 2.30. The normalized spacial score (nSPS) is 20.3. The molecule has 0 aliphatic carbocycles. The smallest absolute Gasteiger partial charge is 0.410 e. The Balaban J connectivity index is 1.65. The zero-order chi connectivity index (χ0) is 19.7. The van der Waals surface area contributed by atoms with E-state index >= 15 is 0 Å². The van der Waals surface area contributed by atoms with E-state index in [1.54, 1.807) is 17.2 Å². The lowest BCUT2D eigenvalue weighted by Gasteiger charge is -2.32. The molecule has 1 fully saturated rings. The summed E-state index contributed by atoms with van der Waals surface area (Å²) >= 11 is 0. The summed E-state index contributed by atoms with van der Waals surface area (Å²) in [6, 6.07) is 1.75. The van der Waals surface area contributed by atoms with Gasteiger partial charge in [0.1, 0.15) is 11.4 Å². The predicted molar refractivity (Wildman–Crippen MR) is 98.8 cm³/mol. The number of halogens is 2. The molecule has 1 amide bonds. The lowest BCUT2D eigenvalue weighted by Crippen LogP contribution is -2.40. The molecular formula is C19H26F2N4O2. The van der Waals surface area contributed by atoms with Crippen LogP contribution in [0.4, 0.5) is 19.4 Å². The van der Waals surface area contributed by atoms with Crippen molar-refractivity contribution in [3.05, 3.63) is 24.2 Å². The summed E-state index contributed by atoms with van der Waals surface area (Å²) in [5.41, 5.74) is 0.433. The molecule has 0 bridgehead atoms. The van der Waals surface area contributed by atoms with E-state index in [9.17, 15) is 13.6 Å². The Labute approximate surface area is 158 Å². The van der Waals surface area contributed by atoms with E-state index in [4.69, 9.17) is 4.74 Å². The summed E-state index contributed by atoms with van der Waals surface area (Å²) in [7, 11) is 0. The van der Waals surface area contributed by atoms with Crippen molar-refractivity contribution in [2.75, 3.05) is 31.1 Å². The van der Waals surface area contributed by atoms with E-state index in [0.29, 0.717) is 31.2 Å². The summed E-state index contributed by atoms with van der Waals surface area (Å²) in [5.74, 6) is -1.32. The highest BCUT2D eigenvalue weighted by Gasteiger charge is 2.34. The van der Waals surface area contributed by atoms with Crippen molar-refractivity contribution >= 4 is 17.5 Å². The van der Waals surface area contributed by atoms with Crippen molar-refractivity contribution in [2.45, 2.75) is 51.6 Å². The van der Waals surface area contributed by atoms with Gasteiger partial charge in [-0.15, -0.1) is 0 Å². The number of nitrogens with zero attached hydrogens (tertiary/aromatic N) is 4. The number of hydrogen-bond donors (Lipinski definition) is 0. The number of rotatable bonds is 2. The second-order valence-corrected chi connectivity index (χ2v) is 7.99. The van der Waals surface area contributed by atoms with Gasteiger partial charge in [0, 0.05) is 45.2 Å². The first-order chi connectivity index (χ1) is 12.6. The average Bonchev–Trinajstić information content (AvgIpc) is 2.60. The Bertz CT molecular complexity index is 721. The van der Waals surface area contributed by atoms with Gasteiger partial charge in [0.15, 0.2) is 5.82 Å². The fraction of sp³-hybridized carbons (Fsp3) is 0.632. The molecule has 0 saturated carbocycles. The lowest BCUT2D eigenvalue weighted by atomic mass is 10.1. The van der Waals surface area contributed by atoms with Crippen molar-refractivity contribution in [3.63, 3.8) is 0 Å². The van der Waals surface area contributed by atoms with Crippen LogP contribution < -0.4 is 4.90 Å². The zero-order valence-corrected chi connectivity index (χ0v) is 16.0. The molecule has 1 aromatic rings. The maximum absolute atomic E-state index is 13.4. The summed E-state index contributed by atoms with van der Waals surface area (Å²) in [6.45, 7) is 7.06. The molecule has 0 spiro atoms. The van der Waals surface area contributed by atoms with Gasteiger partial charge in [-0.05, 0) is 38.8 Å². The number of carbonyl (C=O) groups is 1. The second-order valence-electron chi connectivity index (χ2n) is 7.99. The molecule has 1 saturated heterocycles. The fourth-order valence-electron chi connectivity index (χ4n) is 3.11. The van der Waals surface area contributed by atoms with Crippen LogP contribution in [0.2, 0.25) is 0 Å². The number of alkyl halides is 2. The average molecular weight is 380 g/mol. The minimum absolute atomic E-state index is 0.153. The van der Waals surface area contributed by atoms with Crippen LogP contribution in [0.3, 0.4) is 0 Å². The van der Waals surface area contributed by atoms with Gasteiger partial charge in [-0.25, -0.2) is 23.5 Å². The van der Waals surface area contributed by atoms with Crippen molar-refractivity contribution < 1.29 is 18.3 Å². The fourth-order valence-corrected chi connectivity index (χ4v) is 3.11. The van der Waals surface area contributed by atoms with Crippen LogP contribution in [0.1, 0.15) is 45.9 Å². The number of amides is 1. The highest BCUT2D eigenvalue weighted by molar-refractivity contribution is 5.71. The molecular weight excluding hydrogens is 354 g/mol. The third kappa shape index (κ3) is 5.14. The van der Waals surface area contributed by atoms with Gasteiger partial charge >= 0.3 is 6.09 Å². The molecule has 0 radical (unpaired) electrons. The third-order valence-electron chi connectivity index (χ3n) is 4.61. The highest BCUT2D eigenvalue weighted by atomic mass is 19.3. The molecule has 8 heteroatoms. The summed E-state index contributed by atoms with van der Waals surface area (Å²) in [6.07, 6.45) is 3.57. The minimum atomic E-state index is -2.58. The number of anilines is 1. The molecule has 27 heavy (non-hydrogen) atoms. The minimum Gasteiger partial charge on any atom is -0.444 e. The molecule has 3 heterocycles. The first-order valence-electron chi connectivity index (χ1n) is 9.26. The molecule has 0 atom stereocenters. The lowest BCUT2D eigenvalue weighted by molar-refractivity contribution is -0.0221. The number of carbonyl (C=O) groups excluding carboxylic acids is 1. The van der Waals surface area contributed by atoms with Crippen LogP contribution in [0.25, 0.3) is 5.57 Å². The van der Waals surface area contributed by atoms with E-state index in [2.05, 4.69) is 9.97 Å². The largest absolute Gasteiger partial charge is 0.444 e. The van der Waals surface area contributed by atoms with Crippen LogP contribution in [0.15, 0.2) is 18.3 Å². The zero-order valence-electron chi connectivity index (χ0n) is 16.0. The van der Waals surface area contributed by atoms with Gasteiger partial charge in [-0.3, -0.25) is 0 Å². The van der Waals surface area contributed by atoms with Crippen LogP contribution in [0.5, 0.6) is 0 Å². The van der Waals surface area contributed by atoms with Crippen molar-refractivity contribution in [1.29, 1.82) is 0 Å². The first kappa shape index (κ1) is 19.5. The Morgan fingerprint density at radius 1 is 1.22 bits per heavy atom. The molecule has 2 aliphatic heterocycles. The number of aromatic nitrogens is 2. The Morgan fingerprint density at radius 3 is 2.52 bits per heavy atom. The van der Waals surface area contributed by atoms with Crippen LogP contribution in [0, 0.1) is 0 Å². The summed E-state index contributed by atoms with van der Waals surface area (Å²) in [4.78, 5) is 24.6. The number of ether oxygens (including phenoxy) is 1. The van der Waals surface area contributed by atoms with E-state index in [1.165, 1.54) is 0 Å². The van der Waals surface area contributed by atoms with Crippen molar-refractivity contribution in [1.82, 2.24) is 14.9 Å². The summed E-state index contributed by atoms with van der Waals surface area (Å²) in [5, 5.41) is 0. The Kier molecular flexibility index (Phi) is 5.35. The van der Waals surface area contributed by atoms with Crippen molar-refractivity contribution in [2.24, 2.45) is 0 Å². The topological polar surface area (TPSA) is 58.6 Å². The van der Waals surface area contributed by atoms with Gasteiger partial charge in [-0.2, -0.15) is 0 Å². The van der Waals surface area contributed by atoms with Gasteiger partial charge in [0.05, 0.1) is 0 Å². The van der Waals surface area contributed by atoms with Gasteiger partial charge < -0.3 is 14.5 Å². The predicted octanol–water partition coefficient (Wildman–Crippen LogP) is 3.74. The third-order valence-corrected chi connectivity index (χ3v) is 4.61. The molecule has 2 aliphatic rings. The molecule has 0 aromatic carbocycles. The SMILES string of the molecule is CC(C)(C)OC(=O)N1CC=C(c2nccc(N3CCC(F)(F)CC3)n2)CC1. The van der Waals surface area contributed by atoms with Crippen molar-refractivity contribution in [3.8, 4) is 0 Å². The molecule has 3 rings (SSSR count). The second kappa shape index (κ2) is 7.40. The molecule has 6 nitrogen and oxygen atoms in total. The monoisotopic (exact) mass is 380 g/mol. The van der Waals surface area contributed by atoms with Gasteiger partial charge in [0.2, 0.25) is 0 Å². The van der Waals surface area contributed by atoms with E-state index < -0.39 is 11.5 Å². The Hall–Kier alpha value is -2.25. The van der Waals surface area contributed by atoms with Gasteiger partial charge in [0.25, 0.3) is 5.92 Å². The molecule has 0 unspecified atom stereocenters. The molecule has 148 valence electrons. The number of hydrogen-bond acceptors (Lipinski definition) is 5. The maximum atomic E-state index is 13.4. The molecule has 0 N–H and O–H groups in total. The summed E-state index contributed by atoms with van der Waals surface area (Å²) < 4.78 is 32.1. The first-order valence-corrected chi connectivity index (χ1v) is 9.26. The van der Waals surface area contributed by atoms with E-state index in [-0.39, 0.29) is 32.0 Å². The van der Waals surface area contributed by atoms with Crippen LogP contribution >= 0.6 is 0 Å².